The van der Waals surface area contributed by atoms with Crippen molar-refractivity contribution >= 4 is 0 Å². The number of nitrogens with one attached hydrogen (secondary N) is 1. The lowest BCUT2D eigenvalue weighted by atomic mass is 9.82. The molecule has 1 heterocycles. The molecule has 0 unspecified atom stereocenters. The zero-order valence-electron chi connectivity index (χ0n) is 9.09. The molecule has 14 heavy (non-hydrogen) atoms. The van der Waals surface area contributed by atoms with E-state index in [1.807, 2.05) is 0 Å². The van der Waals surface area contributed by atoms with Crippen molar-refractivity contribution in [3.05, 3.63) is 35.4 Å². The van der Waals surface area contributed by atoms with Crippen molar-refractivity contribution in [2.24, 2.45) is 5.92 Å². The van der Waals surface area contributed by atoms with Gasteiger partial charge in [0.15, 0.2) is 0 Å². The lowest BCUT2D eigenvalue weighted by Gasteiger charge is -2.29. The standard InChI is InChI=1S/C13H19N/c1-10-3-5-12(6-4-10)13-7-8-14-9-11(13)2/h3-6,11,13-14H,7-9H2,1-2H3/t11-,13-/m1/s1. The summed E-state index contributed by atoms with van der Waals surface area (Å²) in [5.41, 5.74) is 2.87. The van der Waals surface area contributed by atoms with E-state index >= 15 is 0 Å². The third-order valence-corrected chi connectivity index (χ3v) is 3.29. The molecule has 0 saturated carbocycles. The lowest BCUT2D eigenvalue weighted by molar-refractivity contribution is 0.349. The molecule has 0 spiro atoms. The maximum atomic E-state index is 3.45. The normalized spacial score (nSPS) is 27.6. The van der Waals surface area contributed by atoms with Crippen molar-refractivity contribution in [2.75, 3.05) is 13.1 Å². The first-order valence-electron chi connectivity index (χ1n) is 5.54. The van der Waals surface area contributed by atoms with Crippen LogP contribution in [0.4, 0.5) is 0 Å². The molecule has 1 N–H and O–H groups in total. The van der Waals surface area contributed by atoms with Gasteiger partial charge in [0.1, 0.15) is 0 Å². The predicted octanol–water partition coefficient (Wildman–Crippen LogP) is 2.71. The van der Waals surface area contributed by atoms with E-state index in [2.05, 4.69) is 43.4 Å². The molecule has 1 heteroatoms. The van der Waals surface area contributed by atoms with E-state index < -0.39 is 0 Å². The number of rotatable bonds is 1. The molecule has 0 bridgehead atoms. The van der Waals surface area contributed by atoms with E-state index in [4.69, 9.17) is 0 Å². The molecule has 1 fully saturated rings. The van der Waals surface area contributed by atoms with Crippen molar-refractivity contribution in [1.82, 2.24) is 5.32 Å². The molecule has 1 aromatic rings. The van der Waals surface area contributed by atoms with Gasteiger partial charge in [0.05, 0.1) is 0 Å². The average Bonchev–Trinajstić information content (AvgIpc) is 2.20. The second-order valence-electron chi connectivity index (χ2n) is 4.49. The summed E-state index contributed by atoms with van der Waals surface area (Å²) in [5.74, 6) is 1.53. The maximum Gasteiger partial charge on any atom is -0.00173 e. The van der Waals surface area contributed by atoms with Crippen molar-refractivity contribution in [2.45, 2.75) is 26.2 Å². The Bertz CT molecular complexity index is 289. The molecule has 0 radical (unpaired) electrons. The first-order chi connectivity index (χ1) is 6.77. The summed E-state index contributed by atoms with van der Waals surface area (Å²) in [6, 6.07) is 9.04. The Labute approximate surface area is 86.5 Å². The Morgan fingerprint density at radius 2 is 1.93 bits per heavy atom. The van der Waals surface area contributed by atoms with Crippen molar-refractivity contribution in [3.8, 4) is 0 Å². The summed E-state index contributed by atoms with van der Waals surface area (Å²) < 4.78 is 0. The second kappa shape index (κ2) is 4.14. The highest BCUT2D eigenvalue weighted by molar-refractivity contribution is 5.25. The fraction of sp³-hybridized carbons (Fsp3) is 0.538. The topological polar surface area (TPSA) is 12.0 Å². The van der Waals surface area contributed by atoms with Crippen LogP contribution in [0.3, 0.4) is 0 Å². The minimum absolute atomic E-state index is 0.761. The summed E-state index contributed by atoms with van der Waals surface area (Å²) in [6.07, 6.45) is 1.28. The van der Waals surface area contributed by atoms with Gasteiger partial charge in [0.25, 0.3) is 0 Å². The monoisotopic (exact) mass is 189 g/mol. The van der Waals surface area contributed by atoms with Gasteiger partial charge in [-0.1, -0.05) is 36.8 Å². The number of benzene rings is 1. The highest BCUT2D eigenvalue weighted by atomic mass is 14.9. The van der Waals surface area contributed by atoms with Crippen LogP contribution in [-0.2, 0) is 0 Å². The fourth-order valence-corrected chi connectivity index (χ4v) is 2.32. The van der Waals surface area contributed by atoms with Crippen LogP contribution in [-0.4, -0.2) is 13.1 Å². The number of hydrogen-bond acceptors (Lipinski definition) is 1. The van der Waals surface area contributed by atoms with Crippen molar-refractivity contribution < 1.29 is 0 Å². The van der Waals surface area contributed by atoms with Gasteiger partial charge >= 0.3 is 0 Å². The Morgan fingerprint density at radius 3 is 2.57 bits per heavy atom. The van der Waals surface area contributed by atoms with E-state index in [0.717, 1.165) is 11.8 Å². The molecule has 1 aromatic carbocycles. The number of aryl methyl sites for hydroxylation is 1. The van der Waals surface area contributed by atoms with Crippen molar-refractivity contribution in [1.29, 1.82) is 0 Å². The van der Waals surface area contributed by atoms with Gasteiger partial charge in [-0.25, -0.2) is 0 Å². The molecule has 1 aliphatic heterocycles. The van der Waals surface area contributed by atoms with Crippen LogP contribution in [0.2, 0.25) is 0 Å². The highest BCUT2D eigenvalue weighted by Gasteiger charge is 2.21. The van der Waals surface area contributed by atoms with Crippen LogP contribution in [0.15, 0.2) is 24.3 Å². The molecule has 76 valence electrons. The molecule has 1 aliphatic rings. The van der Waals surface area contributed by atoms with Gasteiger partial charge in [-0.2, -0.15) is 0 Å². The third kappa shape index (κ3) is 1.98. The second-order valence-corrected chi connectivity index (χ2v) is 4.49. The minimum atomic E-state index is 0.761. The summed E-state index contributed by atoms with van der Waals surface area (Å²) in [5, 5.41) is 3.45. The van der Waals surface area contributed by atoms with Gasteiger partial charge in [0, 0.05) is 0 Å². The van der Waals surface area contributed by atoms with Crippen LogP contribution in [0.1, 0.15) is 30.4 Å². The molecule has 2 atom stereocenters. The quantitative estimate of drug-likeness (QED) is 0.716. The van der Waals surface area contributed by atoms with Crippen molar-refractivity contribution in [3.63, 3.8) is 0 Å². The van der Waals surface area contributed by atoms with Crippen LogP contribution in [0.5, 0.6) is 0 Å². The van der Waals surface area contributed by atoms with E-state index in [9.17, 15) is 0 Å². The zero-order chi connectivity index (χ0) is 9.97. The molecule has 0 aliphatic carbocycles. The largest absolute Gasteiger partial charge is 0.316 e. The SMILES string of the molecule is Cc1ccc([C@@H]2CCNC[C@H]2C)cc1. The van der Waals surface area contributed by atoms with Gasteiger partial charge in [-0.05, 0) is 43.8 Å². The van der Waals surface area contributed by atoms with E-state index in [0.29, 0.717) is 0 Å². The van der Waals surface area contributed by atoms with E-state index in [-0.39, 0.29) is 0 Å². The van der Waals surface area contributed by atoms with Gasteiger partial charge in [-0.15, -0.1) is 0 Å². The fourth-order valence-electron chi connectivity index (χ4n) is 2.32. The Balaban J connectivity index is 2.16. The van der Waals surface area contributed by atoms with Gasteiger partial charge in [0.2, 0.25) is 0 Å². The molecule has 2 rings (SSSR count). The molecule has 0 amide bonds. The van der Waals surface area contributed by atoms with E-state index in [1.165, 1.54) is 30.6 Å². The Kier molecular flexibility index (Phi) is 2.87. The van der Waals surface area contributed by atoms with Gasteiger partial charge in [-0.3, -0.25) is 0 Å². The molecule has 1 nitrogen and oxygen atoms in total. The molecule has 1 saturated heterocycles. The molecular weight excluding hydrogens is 170 g/mol. The van der Waals surface area contributed by atoms with Crippen LogP contribution in [0, 0.1) is 12.8 Å². The lowest BCUT2D eigenvalue weighted by Crippen LogP contribution is -2.33. The number of hydrogen-bond donors (Lipinski definition) is 1. The zero-order valence-corrected chi connectivity index (χ0v) is 9.09. The first kappa shape index (κ1) is 9.72. The predicted molar refractivity (Wildman–Crippen MR) is 60.6 cm³/mol. The van der Waals surface area contributed by atoms with Crippen LogP contribution < -0.4 is 5.32 Å². The summed E-state index contributed by atoms with van der Waals surface area (Å²) in [7, 11) is 0. The smallest absolute Gasteiger partial charge is 0.00173 e. The molecular formula is C13H19N. The first-order valence-corrected chi connectivity index (χ1v) is 5.54. The minimum Gasteiger partial charge on any atom is -0.316 e. The number of piperidine rings is 1. The van der Waals surface area contributed by atoms with E-state index in [1.54, 1.807) is 0 Å². The summed E-state index contributed by atoms with van der Waals surface area (Å²) >= 11 is 0. The summed E-state index contributed by atoms with van der Waals surface area (Å²) in [4.78, 5) is 0. The van der Waals surface area contributed by atoms with Crippen LogP contribution >= 0.6 is 0 Å². The maximum absolute atomic E-state index is 3.45. The molecule has 0 aromatic heterocycles. The highest BCUT2D eigenvalue weighted by Crippen LogP contribution is 2.29. The third-order valence-electron chi connectivity index (χ3n) is 3.29. The van der Waals surface area contributed by atoms with Crippen LogP contribution in [0.25, 0.3) is 0 Å². The Hall–Kier alpha value is -0.820. The Morgan fingerprint density at radius 1 is 1.21 bits per heavy atom. The average molecular weight is 189 g/mol. The van der Waals surface area contributed by atoms with Gasteiger partial charge < -0.3 is 5.32 Å². The summed E-state index contributed by atoms with van der Waals surface area (Å²) in [6.45, 7) is 6.83.